The van der Waals surface area contributed by atoms with Crippen molar-refractivity contribution < 1.29 is 4.79 Å². The van der Waals surface area contributed by atoms with Crippen LogP contribution in [-0.2, 0) is 11.3 Å². The number of hydrogen-bond donors (Lipinski definition) is 1. The number of nitrogens with one attached hydrogen (secondary N) is 1. The first-order chi connectivity index (χ1) is 13.0. The Bertz CT molecular complexity index is 1220. The van der Waals surface area contributed by atoms with Gasteiger partial charge in [-0.3, -0.25) is 9.59 Å². The van der Waals surface area contributed by atoms with Crippen LogP contribution in [0.3, 0.4) is 0 Å². The number of anilines is 1. The number of para-hydroxylation sites is 2. The summed E-state index contributed by atoms with van der Waals surface area (Å²) in [6, 6.07) is 16.8. The summed E-state index contributed by atoms with van der Waals surface area (Å²) in [6.45, 7) is 2.23. The summed E-state index contributed by atoms with van der Waals surface area (Å²) in [6.07, 6.45) is 2.04. The molecule has 0 fully saturated rings. The van der Waals surface area contributed by atoms with Crippen molar-refractivity contribution in [3.8, 4) is 0 Å². The lowest BCUT2D eigenvalue weighted by molar-refractivity contribution is -0.116. The van der Waals surface area contributed by atoms with E-state index in [0.717, 1.165) is 16.6 Å². The molecule has 0 unspecified atom stereocenters. The normalized spacial score (nSPS) is 11.2. The molecule has 0 atom stereocenters. The first kappa shape index (κ1) is 17.4. The molecule has 0 bridgehead atoms. The van der Waals surface area contributed by atoms with Crippen molar-refractivity contribution in [2.24, 2.45) is 0 Å². The maximum Gasteiger partial charge on any atom is 0.275 e. The second-order valence-corrected chi connectivity index (χ2v) is 6.90. The van der Waals surface area contributed by atoms with Gasteiger partial charge in [0.25, 0.3) is 5.56 Å². The van der Waals surface area contributed by atoms with E-state index in [1.165, 1.54) is 0 Å². The summed E-state index contributed by atoms with van der Waals surface area (Å²) >= 11 is 6.17. The predicted molar refractivity (Wildman–Crippen MR) is 109 cm³/mol. The van der Waals surface area contributed by atoms with E-state index in [4.69, 9.17) is 11.6 Å². The largest absolute Gasteiger partial charge is 0.325 e. The maximum absolute atomic E-state index is 12.9. The van der Waals surface area contributed by atoms with Gasteiger partial charge in [0.2, 0.25) is 5.91 Å². The van der Waals surface area contributed by atoms with Crippen molar-refractivity contribution in [1.82, 2.24) is 8.97 Å². The van der Waals surface area contributed by atoms with E-state index < -0.39 is 0 Å². The highest BCUT2D eigenvalue weighted by Crippen LogP contribution is 2.23. The van der Waals surface area contributed by atoms with Gasteiger partial charge < -0.3 is 14.3 Å². The molecule has 0 spiro atoms. The molecule has 1 amide bonds. The van der Waals surface area contributed by atoms with Crippen LogP contribution < -0.4 is 10.9 Å². The average molecular weight is 380 g/mol. The Balaban J connectivity index is 1.62. The number of aromatic nitrogens is 2. The van der Waals surface area contributed by atoms with E-state index in [-0.39, 0.29) is 24.4 Å². The van der Waals surface area contributed by atoms with Gasteiger partial charge in [-0.1, -0.05) is 29.8 Å². The minimum Gasteiger partial charge on any atom is -0.325 e. The van der Waals surface area contributed by atoms with E-state index >= 15 is 0 Å². The topological polar surface area (TPSA) is 55.5 Å². The summed E-state index contributed by atoms with van der Waals surface area (Å²) in [5, 5.41) is 3.32. The SMILES string of the molecule is Cc1ccc(NC(=O)CCn2c(=O)c3cccn3c3ccccc32)c(Cl)c1. The Morgan fingerprint density at radius 2 is 1.78 bits per heavy atom. The third-order valence-corrected chi connectivity index (χ3v) is 4.92. The fourth-order valence-corrected chi connectivity index (χ4v) is 3.56. The lowest BCUT2D eigenvalue weighted by Crippen LogP contribution is -2.25. The summed E-state index contributed by atoms with van der Waals surface area (Å²) in [5.41, 5.74) is 3.81. The smallest absolute Gasteiger partial charge is 0.275 e. The fraction of sp³-hybridized carbons (Fsp3) is 0.143. The first-order valence-electron chi connectivity index (χ1n) is 8.69. The molecule has 136 valence electrons. The number of amides is 1. The lowest BCUT2D eigenvalue weighted by Gasteiger charge is -2.13. The maximum atomic E-state index is 12.9. The minimum atomic E-state index is -0.188. The van der Waals surface area contributed by atoms with Gasteiger partial charge >= 0.3 is 0 Å². The molecule has 0 saturated carbocycles. The molecule has 6 heteroatoms. The van der Waals surface area contributed by atoms with Crippen LogP contribution in [-0.4, -0.2) is 14.9 Å². The second kappa shape index (κ2) is 6.93. The number of nitrogens with zero attached hydrogens (tertiary/aromatic N) is 2. The van der Waals surface area contributed by atoms with Crippen LogP contribution in [0, 0.1) is 6.92 Å². The molecule has 5 nitrogen and oxygen atoms in total. The molecule has 0 aliphatic rings. The average Bonchev–Trinajstić information content (AvgIpc) is 3.14. The van der Waals surface area contributed by atoms with Crippen LogP contribution in [0.1, 0.15) is 12.0 Å². The Labute approximate surface area is 160 Å². The Hall–Kier alpha value is -3.05. The molecule has 2 aromatic carbocycles. The quantitative estimate of drug-likeness (QED) is 0.576. The van der Waals surface area contributed by atoms with E-state index in [2.05, 4.69) is 5.32 Å². The molecular weight excluding hydrogens is 362 g/mol. The van der Waals surface area contributed by atoms with Crippen molar-refractivity contribution in [2.45, 2.75) is 19.9 Å². The zero-order valence-corrected chi connectivity index (χ0v) is 15.5. The van der Waals surface area contributed by atoms with Gasteiger partial charge in [0.1, 0.15) is 5.52 Å². The summed E-state index contributed by atoms with van der Waals surface area (Å²) in [7, 11) is 0. The van der Waals surface area contributed by atoms with Gasteiger partial charge in [0.15, 0.2) is 0 Å². The molecule has 0 aliphatic heterocycles. The molecule has 4 rings (SSSR count). The van der Waals surface area contributed by atoms with Gasteiger partial charge in [-0.2, -0.15) is 0 Å². The number of carbonyl (C=O) groups excluding carboxylic acids is 1. The van der Waals surface area contributed by atoms with Gasteiger partial charge in [-0.25, -0.2) is 0 Å². The molecule has 4 aromatic rings. The Morgan fingerprint density at radius 1 is 1.04 bits per heavy atom. The van der Waals surface area contributed by atoms with E-state index in [1.54, 1.807) is 22.8 Å². The predicted octanol–water partition coefficient (Wildman–Crippen LogP) is 4.24. The van der Waals surface area contributed by atoms with Crippen LogP contribution in [0.4, 0.5) is 5.69 Å². The summed E-state index contributed by atoms with van der Waals surface area (Å²) in [5.74, 6) is -0.188. The number of aryl methyl sites for hydroxylation is 2. The van der Waals surface area contributed by atoms with Crippen LogP contribution in [0.25, 0.3) is 16.6 Å². The molecular formula is C21H18ClN3O2. The Kier molecular flexibility index (Phi) is 4.46. The van der Waals surface area contributed by atoms with Gasteiger partial charge in [0, 0.05) is 19.2 Å². The molecule has 27 heavy (non-hydrogen) atoms. The lowest BCUT2D eigenvalue weighted by atomic mass is 10.2. The monoisotopic (exact) mass is 379 g/mol. The highest BCUT2D eigenvalue weighted by Gasteiger charge is 2.12. The molecule has 1 N–H and O–H groups in total. The minimum absolute atomic E-state index is 0.111. The van der Waals surface area contributed by atoms with Crippen molar-refractivity contribution in [3.05, 3.63) is 81.7 Å². The number of benzene rings is 2. The third-order valence-electron chi connectivity index (χ3n) is 4.61. The van der Waals surface area contributed by atoms with Gasteiger partial charge in [0.05, 0.1) is 21.7 Å². The van der Waals surface area contributed by atoms with Crippen molar-refractivity contribution in [2.75, 3.05) is 5.32 Å². The highest BCUT2D eigenvalue weighted by molar-refractivity contribution is 6.33. The van der Waals surface area contributed by atoms with Crippen LogP contribution in [0.2, 0.25) is 5.02 Å². The number of fused-ring (bicyclic) bond motifs is 3. The van der Waals surface area contributed by atoms with E-state index in [0.29, 0.717) is 16.2 Å². The summed E-state index contributed by atoms with van der Waals surface area (Å²) in [4.78, 5) is 25.2. The van der Waals surface area contributed by atoms with Gasteiger partial charge in [-0.15, -0.1) is 0 Å². The fourth-order valence-electron chi connectivity index (χ4n) is 3.28. The number of hydrogen-bond acceptors (Lipinski definition) is 2. The highest BCUT2D eigenvalue weighted by atomic mass is 35.5. The Morgan fingerprint density at radius 3 is 2.56 bits per heavy atom. The zero-order chi connectivity index (χ0) is 19.0. The molecule has 0 radical (unpaired) electrons. The number of halogens is 1. The summed E-state index contributed by atoms with van der Waals surface area (Å²) < 4.78 is 3.53. The third kappa shape index (κ3) is 3.22. The van der Waals surface area contributed by atoms with E-state index in [9.17, 15) is 9.59 Å². The molecule has 0 aliphatic carbocycles. The molecule has 2 aromatic heterocycles. The molecule has 0 saturated heterocycles. The first-order valence-corrected chi connectivity index (χ1v) is 9.07. The van der Waals surface area contributed by atoms with Crippen LogP contribution in [0.15, 0.2) is 65.6 Å². The van der Waals surface area contributed by atoms with Crippen molar-refractivity contribution >= 4 is 39.7 Å². The molecule has 2 heterocycles. The standard InChI is InChI=1S/C21H18ClN3O2/c1-14-8-9-16(15(22)13-14)23-20(26)10-12-25-18-6-3-2-5-17(18)24-11-4-7-19(24)21(25)27/h2-9,11,13H,10,12H2,1H3,(H,23,26). The van der Waals surface area contributed by atoms with Crippen molar-refractivity contribution in [3.63, 3.8) is 0 Å². The second-order valence-electron chi connectivity index (χ2n) is 6.49. The van der Waals surface area contributed by atoms with Crippen LogP contribution >= 0.6 is 11.6 Å². The van der Waals surface area contributed by atoms with Crippen molar-refractivity contribution in [1.29, 1.82) is 0 Å². The number of rotatable bonds is 4. The zero-order valence-electron chi connectivity index (χ0n) is 14.8. The van der Waals surface area contributed by atoms with Gasteiger partial charge in [-0.05, 0) is 48.9 Å². The number of carbonyl (C=O) groups is 1. The van der Waals surface area contributed by atoms with Crippen LogP contribution in [0.5, 0.6) is 0 Å². The van der Waals surface area contributed by atoms with E-state index in [1.807, 2.05) is 53.9 Å².